The van der Waals surface area contributed by atoms with Crippen molar-refractivity contribution in [3.05, 3.63) is 119 Å². The van der Waals surface area contributed by atoms with Gasteiger partial charge in [0.1, 0.15) is 0 Å². The van der Waals surface area contributed by atoms with E-state index in [1.54, 1.807) is 24.3 Å². The summed E-state index contributed by atoms with van der Waals surface area (Å²) in [6, 6.07) is 27.6. The maximum atomic E-state index is 13.6. The van der Waals surface area contributed by atoms with Crippen molar-refractivity contribution in [2.45, 2.75) is 0 Å². The minimum atomic E-state index is -0.383. The number of hydrogen-bond donors (Lipinski definition) is 0. The molecule has 156 valence electrons. The molecule has 0 radical (unpaired) electrons. The molecule has 1 aliphatic heterocycles. The van der Waals surface area contributed by atoms with Crippen LogP contribution in [-0.2, 0) is 9.59 Å². The lowest BCUT2D eigenvalue weighted by molar-refractivity contribution is -0.122. The van der Waals surface area contributed by atoms with Gasteiger partial charge in [-0.15, -0.1) is 0 Å². The van der Waals surface area contributed by atoms with Gasteiger partial charge >= 0.3 is 0 Å². The molecule has 0 aromatic heterocycles. The van der Waals surface area contributed by atoms with Gasteiger partial charge in [0.15, 0.2) is 0 Å². The van der Waals surface area contributed by atoms with Crippen LogP contribution < -0.4 is 4.90 Å². The van der Waals surface area contributed by atoms with Crippen LogP contribution in [0.5, 0.6) is 0 Å². The fourth-order valence-corrected chi connectivity index (χ4v) is 5.90. The van der Waals surface area contributed by atoms with Crippen molar-refractivity contribution in [2.24, 2.45) is 23.7 Å². The molecule has 6 rings (SSSR count). The van der Waals surface area contributed by atoms with Gasteiger partial charge in [0.2, 0.25) is 11.8 Å². The molecule has 1 saturated carbocycles. The number of allylic oxidation sites excluding steroid dienone is 3. The molecule has 3 aromatic carbocycles. The Morgan fingerprint density at radius 3 is 1.62 bits per heavy atom. The highest BCUT2D eigenvalue weighted by molar-refractivity contribution is 6.36. The van der Waals surface area contributed by atoms with Crippen molar-refractivity contribution in [3.8, 4) is 0 Å². The van der Waals surface area contributed by atoms with E-state index in [2.05, 4.69) is 36.4 Å². The highest BCUT2D eigenvalue weighted by atomic mass is 35.5. The Bertz CT molecular complexity index is 1220. The SMILES string of the molecule is O=C1[C@@H]2[C@H](C(=O)N1c1ccccc1Cl)[C@H]1C=C[C@H]2C1=C(c1ccccc1)c1ccccc1. The summed E-state index contributed by atoms with van der Waals surface area (Å²) < 4.78 is 0. The van der Waals surface area contributed by atoms with Crippen LogP contribution in [0.15, 0.2) is 103 Å². The number of nitrogens with zero attached hydrogens (tertiary/aromatic N) is 1. The standard InChI is InChI=1S/C28H20ClNO2/c29-21-13-7-8-14-22(21)30-27(31)25-19-15-16-20(26(25)28(30)32)24(19)23(17-9-3-1-4-10-17)18-11-5-2-6-12-18/h1-16,19-20,25-26H/t19-,20-,25-,26+/m0/s1. The normalized spacial score (nSPS) is 25.5. The maximum Gasteiger partial charge on any atom is 0.238 e. The van der Waals surface area contributed by atoms with Crippen molar-refractivity contribution in [3.63, 3.8) is 0 Å². The van der Waals surface area contributed by atoms with Crippen molar-refractivity contribution >= 4 is 34.7 Å². The van der Waals surface area contributed by atoms with Crippen molar-refractivity contribution < 1.29 is 9.59 Å². The second-order valence-electron chi connectivity index (χ2n) is 8.51. The van der Waals surface area contributed by atoms with Gasteiger partial charge in [0.25, 0.3) is 0 Å². The number of rotatable bonds is 3. The molecular weight excluding hydrogens is 418 g/mol. The zero-order chi connectivity index (χ0) is 21.8. The molecule has 0 N–H and O–H groups in total. The van der Waals surface area contributed by atoms with Crippen molar-refractivity contribution in [1.29, 1.82) is 0 Å². The van der Waals surface area contributed by atoms with Crippen LogP contribution in [0, 0.1) is 23.7 Å². The molecule has 4 heteroatoms. The summed E-state index contributed by atoms with van der Waals surface area (Å²) in [6.07, 6.45) is 4.24. The number of para-hydroxylation sites is 1. The van der Waals surface area contributed by atoms with E-state index in [0.29, 0.717) is 10.7 Å². The molecule has 3 nitrogen and oxygen atoms in total. The Balaban J connectivity index is 1.50. The summed E-state index contributed by atoms with van der Waals surface area (Å²) in [5, 5.41) is 0.416. The molecule has 2 fully saturated rings. The fraction of sp³-hybridized carbons (Fsp3) is 0.143. The third kappa shape index (κ3) is 2.68. The number of fused-ring (bicyclic) bond motifs is 5. The first-order chi connectivity index (χ1) is 15.7. The molecule has 0 spiro atoms. The van der Waals surface area contributed by atoms with Gasteiger partial charge < -0.3 is 0 Å². The lowest BCUT2D eigenvalue weighted by Crippen LogP contribution is -2.33. The zero-order valence-corrected chi connectivity index (χ0v) is 17.9. The van der Waals surface area contributed by atoms with Gasteiger partial charge in [0, 0.05) is 11.8 Å². The Labute approximate surface area is 191 Å². The first-order valence-electron chi connectivity index (χ1n) is 10.8. The van der Waals surface area contributed by atoms with E-state index in [1.165, 1.54) is 10.5 Å². The Morgan fingerprint density at radius 1 is 0.656 bits per heavy atom. The molecular formula is C28H20ClNO2. The monoisotopic (exact) mass is 437 g/mol. The smallest absolute Gasteiger partial charge is 0.238 e. The predicted octanol–water partition coefficient (Wildman–Crippen LogP) is 5.76. The second kappa shape index (κ2) is 7.32. The molecule has 3 aromatic rings. The Morgan fingerprint density at radius 2 is 1.12 bits per heavy atom. The van der Waals surface area contributed by atoms with Crippen LogP contribution >= 0.6 is 11.6 Å². The summed E-state index contributed by atoms with van der Waals surface area (Å²) in [6.45, 7) is 0. The molecule has 2 aliphatic carbocycles. The van der Waals surface area contributed by atoms with E-state index in [-0.39, 0.29) is 35.5 Å². The number of anilines is 1. The van der Waals surface area contributed by atoms with Crippen LogP contribution in [0.1, 0.15) is 11.1 Å². The summed E-state index contributed by atoms with van der Waals surface area (Å²) in [4.78, 5) is 28.5. The number of halogens is 1. The molecule has 2 amide bonds. The number of carbonyl (C=O) groups excluding carboxylic acids is 2. The van der Waals surface area contributed by atoms with Crippen LogP contribution in [0.4, 0.5) is 5.69 Å². The zero-order valence-electron chi connectivity index (χ0n) is 17.2. The van der Waals surface area contributed by atoms with Gasteiger partial charge in [0.05, 0.1) is 22.5 Å². The highest BCUT2D eigenvalue weighted by Crippen LogP contribution is 2.59. The van der Waals surface area contributed by atoms with Crippen molar-refractivity contribution in [2.75, 3.05) is 4.90 Å². The molecule has 0 unspecified atom stereocenters. The summed E-state index contributed by atoms with van der Waals surface area (Å²) in [7, 11) is 0. The van der Waals surface area contributed by atoms with Crippen LogP contribution in [-0.4, -0.2) is 11.8 Å². The van der Waals surface area contributed by atoms with E-state index in [4.69, 9.17) is 11.6 Å². The summed E-state index contributed by atoms with van der Waals surface area (Å²) >= 11 is 6.35. The Kier molecular flexibility index (Phi) is 4.41. The van der Waals surface area contributed by atoms with Gasteiger partial charge in [-0.3, -0.25) is 9.59 Å². The highest BCUT2D eigenvalue weighted by Gasteiger charge is 2.62. The largest absolute Gasteiger partial charge is 0.274 e. The van der Waals surface area contributed by atoms with Gasteiger partial charge in [-0.1, -0.05) is 96.5 Å². The topological polar surface area (TPSA) is 37.4 Å². The van der Waals surface area contributed by atoms with Crippen LogP contribution in [0.3, 0.4) is 0 Å². The summed E-state index contributed by atoms with van der Waals surface area (Å²) in [5.41, 5.74) is 5.00. The Hall–Kier alpha value is -3.43. The van der Waals surface area contributed by atoms with E-state index in [1.807, 2.05) is 36.4 Å². The average Bonchev–Trinajstić information content (AvgIpc) is 3.46. The second-order valence-corrected chi connectivity index (χ2v) is 8.92. The minimum Gasteiger partial charge on any atom is -0.274 e. The lowest BCUT2D eigenvalue weighted by Gasteiger charge is -2.22. The van der Waals surface area contributed by atoms with Crippen LogP contribution in [0.2, 0.25) is 5.02 Å². The van der Waals surface area contributed by atoms with E-state index < -0.39 is 0 Å². The van der Waals surface area contributed by atoms with Gasteiger partial charge in [-0.2, -0.15) is 0 Å². The fourth-order valence-electron chi connectivity index (χ4n) is 5.68. The number of carbonyl (C=O) groups is 2. The lowest BCUT2D eigenvalue weighted by atomic mass is 9.85. The summed E-state index contributed by atoms with van der Waals surface area (Å²) in [5.74, 6) is -1.25. The van der Waals surface area contributed by atoms with Gasteiger partial charge in [-0.25, -0.2) is 4.90 Å². The maximum absolute atomic E-state index is 13.6. The number of imide groups is 1. The predicted molar refractivity (Wildman–Crippen MR) is 126 cm³/mol. The number of amides is 2. The quantitative estimate of drug-likeness (QED) is 0.385. The third-order valence-electron chi connectivity index (χ3n) is 6.92. The molecule has 32 heavy (non-hydrogen) atoms. The molecule has 4 atom stereocenters. The first-order valence-corrected chi connectivity index (χ1v) is 11.2. The first kappa shape index (κ1) is 19.3. The molecule has 1 saturated heterocycles. The van der Waals surface area contributed by atoms with E-state index in [9.17, 15) is 9.59 Å². The molecule has 2 bridgehead atoms. The van der Waals surface area contributed by atoms with Gasteiger partial charge in [-0.05, 0) is 34.4 Å². The van der Waals surface area contributed by atoms with E-state index >= 15 is 0 Å². The van der Waals surface area contributed by atoms with Crippen molar-refractivity contribution in [1.82, 2.24) is 0 Å². The molecule has 3 aliphatic rings. The van der Waals surface area contributed by atoms with E-state index in [0.717, 1.165) is 16.7 Å². The average molecular weight is 438 g/mol. The van der Waals surface area contributed by atoms with Crippen LogP contribution in [0.25, 0.3) is 5.57 Å². The minimum absolute atomic E-state index is 0.0932. The number of benzene rings is 3. The number of hydrogen-bond acceptors (Lipinski definition) is 2. The molecule has 1 heterocycles. The third-order valence-corrected chi connectivity index (χ3v) is 7.24.